The molecule has 0 aromatic heterocycles. The van der Waals surface area contributed by atoms with Crippen molar-refractivity contribution < 1.29 is 28.7 Å². The Bertz CT molecular complexity index is 864. The molecule has 136 valence electrons. The van der Waals surface area contributed by atoms with Gasteiger partial charge in [0.1, 0.15) is 11.5 Å². The maximum Gasteiger partial charge on any atom is 0.340 e. The van der Waals surface area contributed by atoms with E-state index < -0.39 is 23.3 Å². The van der Waals surface area contributed by atoms with Gasteiger partial charge in [0.25, 0.3) is 5.69 Å². The zero-order valence-electron chi connectivity index (χ0n) is 14.1. The van der Waals surface area contributed by atoms with Crippen LogP contribution in [0.25, 0.3) is 0 Å². The molecule has 0 bridgehead atoms. The quantitative estimate of drug-likeness (QED) is 0.261. The van der Waals surface area contributed by atoms with Gasteiger partial charge in [0.15, 0.2) is 6.61 Å². The lowest BCUT2D eigenvalue weighted by atomic mass is 10.1. The Morgan fingerprint density at radius 2 is 1.81 bits per heavy atom. The summed E-state index contributed by atoms with van der Waals surface area (Å²) in [5.74, 6) is -0.686. The Hall–Kier alpha value is -3.62. The third-order valence-corrected chi connectivity index (χ3v) is 3.51. The van der Waals surface area contributed by atoms with Crippen LogP contribution in [-0.2, 0) is 4.74 Å². The van der Waals surface area contributed by atoms with E-state index in [1.807, 2.05) is 0 Å². The van der Waals surface area contributed by atoms with Gasteiger partial charge >= 0.3 is 5.97 Å². The number of ether oxygens (including phenoxy) is 3. The van der Waals surface area contributed by atoms with Gasteiger partial charge in [-0.2, -0.15) is 0 Å². The van der Waals surface area contributed by atoms with Gasteiger partial charge in [-0.05, 0) is 18.2 Å². The first-order valence-corrected chi connectivity index (χ1v) is 7.33. The van der Waals surface area contributed by atoms with Gasteiger partial charge in [0.2, 0.25) is 5.78 Å². The van der Waals surface area contributed by atoms with Crippen LogP contribution in [0.2, 0.25) is 0 Å². The summed E-state index contributed by atoms with van der Waals surface area (Å²) in [6.07, 6.45) is 0. The molecule has 2 N–H and O–H groups in total. The molecule has 0 spiro atoms. The summed E-state index contributed by atoms with van der Waals surface area (Å²) in [5.41, 5.74) is 5.36. The number of anilines is 1. The smallest absolute Gasteiger partial charge is 0.340 e. The summed E-state index contributed by atoms with van der Waals surface area (Å²) in [5, 5.41) is 10.8. The lowest BCUT2D eigenvalue weighted by molar-refractivity contribution is -0.384. The summed E-state index contributed by atoms with van der Waals surface area (Å²) in [7, 11) is 2.86. The molecule has 0 atom stereocenters. The number of esters is 1. The molecule has 0 unspecified atom stereocenters. The van der Waals surface area contributed by atoms with E-state index in [1.54, 1.807) is 6.07 Å². The SMILES string of the molecule is COc1ccc(C(=O)COC(=O)c2cc([N+](=O)[O-])ccc2N)c(OC)c1. The van der Waals surface area contributed by atoms with Crippen LogP contribution in [0.1, 0.15) is 20.7 Å². The highest BCUT2D eigenvalue weighted by Crippen LogP contribution is 2.25. The number of Topliss-reactive ketones (excluding diaryl/α,β-unsaturated/α-hetero) is 1. The molecule has 2 aromatic rings. The Balaban J connectivity index is 2.14. The summed E-state index contributed by atoms with van der Waals surface area (Å²) < 4.78 is 15.1. The summed E-state index contributed by atoms with van der Waals surface area (Å²) in [4.78, 5) is 34.5. The molecule has 9 heteroatoms. The Morgan fingerprint density at radius 1 is 1.08 bits per heavy atom. The van der Waals surface area contributed by atoms with Gasteiger partial charge in [0.05, 0.1) is 30.3 Å². The van der Waals surface area contributed by atoms with E-state index in [0.29, 0.717) is 5.75 Å². The minimum absolute atomic E-state index is 0.00933. The number of ketones is 1. The molecular weight excluding hydrogens is 344 g/mol. The number of nitro benzene ring substituents is 1. The van der Waals surface area contributed by atoms with Gasteiger partial charge in [-0.3, -0.25) is 14.9 Å². The number of benzene rings is 2. The zero-order valence-corrected chi connectivity index (χ0v) is 14.1. The predicted molar refractivity (Wildman–Crippen MR) is 91.7 cm³/mol. The van der Waals surface area contributed by atoms with Crippen LogP contribution in [0.15, 0.2) is 36.4 Å². The van der Waals surface area contributed by atoms with E-state index in [-0.39, 0.29) is 28.3 Å². The first kappa shape index (κ1) is 18.7. The van der Waals surface area contributed by atoms with E-state index in [4.69, 9.17) is 19.9 Å². The molecule has 2 rings (SSSR count). The van der Waals surface area contributed by atoms with Crippen LogP contribution in [0.4, 0.5) is 11.4 Å². The van der Waals surface area contributed by atoms with E-state index in [9.17, 15) is 19.7 Å². The fourth-order valence-electron chi connectivity index (χ4n) is 2.15. The largest absolute Gasteiger partial charge is 0.497 e. The number of carbonyl (C=O) groups is 2. The third-order valence-electron chi connectivity index (χ3n) is 3.51. The number of non-ortho nitro benzene ring substituents is 1. The van der Waals surface area contributed by atoms with Gasteiger partial charge < -0.3 is 19.9 Å². The van der Waals surface area contributed by atoms with Crippen molar-refractivity contribution in [2.45, 2.75) is 0 Å². The zero-order chi connectivity index (χ0) is 19.3. The fourth-order valence-corrected chi connectivity index (χ4v) is 2.15. The molecule has 2 aromatic carbocycles. The average molecular weight is 360 g/mol. The summed E-state index contributed by atoms with van der Waals surface area (Å²) >= 11 is 0. The van der Waals surface area contributed by atoms with Gasteiger partial charge in [0, 0.05) is 23.9 Å². The summed E-state index contributed by atoms with van der Waals surface area (Å²) in [6, 6.07) is 7.96. The molecule has 0 radical (unpaired) electrons. The van der Waals surface area contributed by atoms with E-state index in [2.05, 4.69) is 0 Å². The minimum Gasteiger partial charge on any atom is -0.497 e. The number of methoxy groups -OCH3 is 2. The molecule has 0 saturated carbocycles. The second-order valence-electron chi connectivity index (χ2n) is 5.09. The number of carbonyl (C=O) groups excluding carboxylic acids is 2. The molecular formula is C17H16N2O7. The van der Waals surface area contributed by atoms with E-state index in [0.717, 1.165) is 6.07 Å². The van der Waals surface area contributed by atoms with Gasteiger partial charge in [-0.15, -0.1) is 0 Å². The number of nitro groups is 1. The van der Waals surface area contributed by atoms with Crippen molar-refractivity contribution in [2.75, 3.05) is 26.6 Å². The topological polar surface area (TPSA) is 131 Å². The second kappa shape index (κ2) is 7.97. The maximum absolute atomic E-state index is 12.3. The van der Waals surface area contributed by atoms with Crippen LogP contribution in [0.3, 0.4) is 0 Å². The first-order chi connectivity index (χ1) is 12.4. The number of rotatable bonds is 7. The van der Waals surface area contributed by atoms with Crippen molar-refractivity contribution in [2.24, 2.45) is 0 Å². The number of hydrogen-bond acceptors (Lipinski definition) is 8. The highest BCUT2D eigenvalue weighted by Gasteiger charge is 2.19. The van der Waals surface area contributed by atoms with E-state index >= 15 is 0 Å². The minimum atomic E-state index is -0.938. The van der Waals surface area contributed by atoms with Crippen LogP contribution in [-0.4, -0.2) is 37.5 Å². The number of nitrogen functional groups attached to an aromatic ring is 1. The molecule has 0 aliphatic carbocycles. The van der Waals surface area contributed by atoms with Crippen molar-refractivity contribution in [3.8, 4) is 11.5 Å². The Kier molecular flexibility index (Phi) is 5.74. The number of hydrogen-bond donors (Lipinski definition) is 1. The Labute approximate surface area is 148 Å². The van der Waals surface area contributed by atoms with Crippen LogP contribution in [0.5, 0.6) is 11.5 Å². The lowest BCUT2D eigenvalue weighted by Crippen LogP contribution is -2.16. The van der Waals surface area contributed by atoms with Crippen LogP contribution >= 0.6 is 0 Å². The standard InChI is InChI=1S/C17H16N2O7/c1-24-11-4-5-12(16(8-11)25-2)15(20)9-26-17(21)13-7-10(19(22)23)3-6-14(13)18/h3-8H,9,18H2,1-2H3. The van der Waals surface area contributed by atoms with Crippen molar-refractivity contribution in [3.05, 3.63) is 57.6 Å². The van der Waals surface area contributed by atoms with Gasteiger partial charge in [-0.25, -0.2) is 4.79 Å². The average Bonchev–Trinajstić information content (AvgIpc) is 2.65. The monoisotopic (exact) mass is 360 g/mol. The van der Waals surface area contributed by atoms with Crippen molar-refractivity contribution in [3.63, 3.8) is 0 Å². The molecule has 0 saturated heterocycles. The number of nitrogens with zero attached hydrogens (tertiary/aromatic N) is 1. The maximum atomic E-state index is 12.3. The van der Waals surface area contributed by atoms with Crippen molar-refractivity contribution in [1.29, 1.82) is 0 Å². The summed E-state index contributed by atoms with van der Waals surface area (Å²) in [6.45, 7) is -0.580. The molecule has 0 heterocycles. The molecule has 0 aliphatic rings. The van der Waals surface area contributed by atoms with Crippen LogP contribution in [0, 0.1) is 10.1 Å². The molecule has 26 heavy (non-hydrogen) atoms. The van der Waals surface area contributed by atoms with Crippen molar-refractivity contribution >= 4 is 23.1 Å². The first-order valence-electron chi connectivity index (χ1n) is 7.33. The molecule has 9 nitrogen and oxygen atoms in total. The van der Waals surface area contributed by atoms with Crippen molar-refractivity contribution in [1.82, 2.24) is 0 Å². The predicted octanol–water partition coefficient (Wildman–Crippen LogP) is 2.23. The lowest BCUT2D eigenvalue weighted by Gasteiger charge is -2.10. The second-order valence-corrected chi connectivity index (χ2v) is 5.09. The highest BCUT2D eigenvalue weighted by atomic mass is 16.6. The fraction of sp³-hybridized carbons (Fsp3) is 0.176. The highest BCUT2D eigenvalue weighted by molar-refractivity contribution is 6.02. The Morgan fingerprint density at radius 3 is 2.42 bits per heavy atom. The van der Waals surface area contributed by atoms with Gasteiger partial charge in [-0.1, -0.05) is 0 Å². The molecule has 0 amide bonds. The van der Waals surface area contributed by atoms with Crippen LogP contribution < -0.4 is 15.2 Å². The number of nitrogens with two attached hydrogens (primary N) is 1. The molecule has 0 fully saturated rings. The normalized spacial score (nSPS) is 10.1. The van der Waals surface area contributed by atoms with E-state index in [1.165, 1.54) is 38.5 Å². The molecule has 0 aliphatic heterocycles. The third kappa shape index (κ3) is 4.07.